The van der Waals surface area contributed by atoms with Gasteiger partial charge in [-0.2, -0.15) is 0 Å². The van der Waals surface area contributed by atoms with E-state index in [0.717, 1.165) is 12.1 Å². The Morgan fingerprint density at radius 3 is 2.55 bits per heavy atom. The Morgan fingerprint density at radius 1 is 1.14 bits per heavy atom. The number of amides is 1. The predicted molar refractivity (Wildman–Crippen MR) is 88.5 cm³/mol. The van der Waals surface area contributed by atoms with Gasteiger partial charge in [0.1, 0.15) is 0 Å². The number of benzene rings is 1. The normalized spacial score (nSPS) is 10.5. The van der Waals surface area contributed by atoms with Crippen molar-refractivity contribution in [1.29, 1.82) is 0 Å². The van der Waals surface area contributed by atoms with Crippen molar-refractivity contribution < 1.29 is 4.79 Å². The molecule has 0 aliphatic heterocycles. The highest BCUT2D eigenvalue weighted by molar-refractivity contribution is 5.92. The molecule has 1 aromatic heterocycles. The van der Waals surface area contributed by atoms with Gasteiger partial charge in [0.25, 0.3) is 5.91 Å². The minimum absolute atomic E-state index is 0.191. The molecule has 5 nitrogen and oxygen atoms in total. The molecule has 0 saturated heterocycles. The zero-order valence-corrected chi connectivity index (χ0v) is 13.3. The molecule has 2 aromatic rings. The average molecular weight is 298 g/mol. The molecule has 2 N–H and O–H groups in total. The van der Waals surface area contributed by atoms with Crippen LogP contribution in [-0.2, 0) is 0 Å². The summed E-state index contributed by atoms with van der Waals surface area (Å²) in [6.07, 6.45) is 0.894. The first kappa shape index (κ1) is 15.9. The second kappa shape index (κ2) is 7.54. The van der Waals surface area contributed by atoms with E-state index in [1.54, 1.807) is 12.1 Å². The van der Waals surface area contributed by atoms with Gasteiger partial charge in [-0.25, -0.2) is 0 Å². The number of aromatic nitrogens is 2. The van der Waals surface area contributed by atoms with Crippen molar-refractivity contribution in [2.75, 3.05) is 11.9 Å². The number of hydrogen-bond donors (Lipinski definition) is 2. The van der Waals surface area contributed by atoms with Crippen LogP contribution in [0.2, 0.25) is 0 Å². The van der Waals surface area contributed by atoms with Gasteiger partial charge < -0.3 is 10.6 Å². The summed E-state index contributed by atoms with van der Waals surface area (Å²) in [5.41, 5.74) is 2.56. The van der Waals surface area contributed by atoms with Crippen LogP contribution < -0.4 is 10.6 Å². The second-order valence-corrected chi connectivity index (χ2v) is 5.43. The van der Waals surface area contributed by atoms with Crippen LogP contribution in [0.15, 0.2) is 36.4 Å². The molecule has 0 atom stereocenters. The van der Waals surface area contributed by atoms with Crippen molar-refractivity contribution >= 4 is 17.4 Å². The van der Waals surface area contributed by atoms with E-state index in [1.807, 2.05) is 25.1 Å². The summed E-state index contributed by atoms with van der Waals surface area (Å²) >= 11 is 0. The maximum atomic E-state index is 11.8. The van der Waals surface area contributed by atoms with Gasteiger partial charge in [-0.3, -0.25) is 4.79 Å². The Bertz CT molecular complexity index is 623. The van der Waals surface area contributed by atoms with E-state index in [-0.39, 0.29) is 5.91 Å². The lowest BCUT2D eigenvalue weighted by Gasteiger charge is -2.13. The van der Waals surface area contributed by atoms with Gasteiger partial charge in [-0.1, -0.05) is 39.0 Å². The lowest BCUT2D eigenvalue weighted by molar-refractivity contribution is 0.0947. The summed E-state index contributed by atoms with van der Waals surface area (Å²) < 4.78 is 0. The van der Waals surface area contributed by atoms with Crippen LogP contribution in [0.4, 0.5) is 11.5 Å². The molecule has 0 unspecified atom stereocenters. The highest BCUT2D eigenvalue weighted by Gasteiger charge is 2.09. The smallest absolute Gasteiger partial charge is 0.271 e. The molecule has 0 aliphatic rings. The first-order valence-corrected chi connectivity index (χ1v) is 7.59. The summed E-state index contributed by atoms with van der Waals surface area (Å²) in [6, 6.07) is 11.6. The van der Waals surface area contributed by atoms with Crippen LogP contribution in [0.1, 0.15) is 49.2 Å². The lowest BCUT2D eigenvalue weighted by atomic mass is 10.0. The quantitative estimate of drug-likeness (QED) is 0.856. The highest BCUT2D eigenvalue weighted by Crippen LogP contribution is 2.25. The SMILES string of the molecule is CCCNC(=O)c1ccc(Nc2ccccc2C(C)C)nn1. The molecular weight excluding hydrogens is 276 g/mol. The van der Waals surface area contributed by atoms with E-state index in [9.17, 15) is 4.79 Å². The summed E-state index contributed by atoms with van der Waals surface area (Å²) in [7, 11) is 0. The Labute approximate surface area is 131 Å². The van der Waals surface area contributed by atoms with E-state index in [1.165, 1.54) is 5.56 Å². The van der Waals surface area contributed by atoms with Crippen molar-refractivity contribution in [1.82, 2.24) is 15.5 Å². The van der Waals surface area contributed by atoms with Crippen LogP contribution in [0.5, 0.6) is 0 Å². The van der Waals surface area contributed by atoms with Crippen LogP contribution in [0.25, 0.3) is 0 Å². The number of para-hydroxylation sites is 1. The molecule has 116 valence electrons. The van der Waals surface area contributed by atoms with E-state index >= 15 is 0 Å². The Kier molecular flexibility index (Phi) is 5.47. The molecule has 0 radical (unpaired) electrons. The van der Waals surface area contributed by atoms with Crippen LogP contribution in [-0.4, -0.2) is 22.6 Å². The van der Waals surface area contributed by atoms with Gasteiger partial charge in [0.05, 0.1) is 0 Å². The minimum atomic E-state index is -0.191. The van der Waals surface area contributed by atoms with Gasteiger partial charge in [0.15, 0.2) is 11.5 Å². The Morgan fingerprint density at radius 2 is 1.91 bits per heavy atom. The molecule has 0 fully saturated rings. The largest absolute Gasteiger partial charge is 0.351 e. The molecule has 5 heteroatoms. The molecule has 1 aromatic carbocycles. The first-order chi connectivity index (χ1) is 10.6. The van der Waals surface area contributed by atoms with Crippen molar-refractivity contribution in [3.63, 3.8) is 0 Å². The lowest BCUT2D eigenvalue weighted by Crippen LogP contribution is -2.25. The predicted octanol–water partition coefficient (Wildman–Crippen LogP) is 3.48. The van der Waals surface area contributed by atoms with E-state index in [0.29, 0.717) is 24.0 Å². The van der Waals surface area contributed by atoms with E-state index in [4.69, 9.17) is 0 Å². The maximum absolute atomic E-state index is 11.8. The van der Waals surface area contributed by atoms with Crippen molar-refractivity contribution in [2.24, 2.45) is 0 Å². The van der Waals surface area contributed by atoms with Crippen molar-refractivity contribution in [2.45, 2.75) is 33.1 Å². The minimum Gasteiger partial charge on any atom is -0.351 e. The highest BCUT2D eigenvalue weighted by atomic mass is 16.1. The molecule has 0 bridgehead atoms. The van der Waals surface area contributed by atoms with Crippen molar-refractivity contribution in [3.8, 4) is 0 Å². The zero-order chi connectivity index (χ0) is 15.9. The van der Waals surface area contributed by atoms with E-state index < -0.39 is 0 Å². The first-order valence-electron chi connectivity index (χ1n) is 7.59. The van der Waals surface area contributed by atoms with Crippen molar-refractivity contribution in [3.05, 3.63) is 47.7 Å². The molecule has 1 heterocycles. The molecular formula is C17H22N4O. The van der Waals surface area contributed by atoms with Gasteiger partial charge in [0.2, 0.25) is 0 Å². The third-order valence-corrected chi connectivity index (χ3v) is 3.28. The number of nitrogens with zero attached hydrogens (tertiary/aromatic N) is 2. The number of carbonyl (C=O) groups excluding carboxylic acids is 1. The number of hydrogen-bond acceptors (Lipinski definition) is 4. The molecule has 0 saturated carbocycles. The average Bonchev–Trinajstić information content (AvgIpc) is 2.53. The molecule has 0 aliphatic carbocycles. The summed E-state index contributed by atoms with van der Waals surface area (Å²) in [4.78, 5) is 11.8. The number of carbonyl (C=O) groups is 1. The molecule has 2 rings (SSSR count). The fraction of sp³-hybridized carbons (Fsp3) is 0.353. The number of rotatable bonds is 6. The van der Waals surface area contributed by atoms with Crippen LogP contribution in [0.3, 0.4) is 0 Å². The molecule has 0 spiro atoms. The summed E-state index contributed by atoms with van der Waals surface area (Å²) in [6.45, 7) is 6.94. The number of anilines is 2. The van der Waals surface area contributed by atoms with Gasteiger partial charge in [-0.05, 0) is 36.1 Å². The Hall–Kier alpha value is -2.43. The van der Waals surface area contributed by atoms with Crippen LogP contribution in [0, 0.1) is 0 Å². The standard InChI is InChI=1S/C17H22N4O/c1-4-11-18-17(22)15-9-10-16(21-20-15)19-14-8-6-5-7-13(14)12(2)3/h5-10,12H,4,11H2,1-3H3,(H,18,22)(H,19,21). The number of nitrogens with one attached hydrogen (secondary N) is 2. The Balaban J connectivity index is 2.10. The topological polar surface area (TPSA) is 66.9 Å². The third kappa shape index (κ3) is 4.04. The van der Waals surface area contributed by atoms with Gasteiger partial charge >= 0.3 is 0 Å². The van der Waals surface area contributed by atoms with Crippen LogP contribution >= 0.6 is 0 Å². The van der Waals surface area contributed by atoms with Gasteiger partial charge in [0, 0.05) is 12.2 Å². The second-order valence-electron chi connectivity index (χ2n) is 5.43. The van der Waals surface area contributed by atoms with Gasteiger partial charge in [-0.15, -0.1) is 10.2 Å². The molecule has 1 amide bonds. The summed E-state index contributed by atoms with van der Waals surface area (Å²) in [5, 5.41) is 14.1. The fourth-order valence-electron chi connectivity index (χ4n) is 2.10. The zero-order valence-electron chi connectivity index (χ0n) is 13.3. The maximum Gasteiger partial charge on any atom is 0.271 e. The molecule has 22 heavy (non-hydrogen) atoms. The summed E-state index contributed by atoms with van der Waals surface area (Å²) in [5.74, 6) is 0.847. The third-order valence-electron chi connectivity index (χ3n) is 3.28. The monoisotopic (exact) mass is 298 g/mol. The van der Waals surface area contributed by atoms with E-state index in [2.05, 4.69) is 40.7 Å². The fourth-order valence-corrected chi connectivity index (χ4v) is 2.10.